The van der Waals surface area contributed by atoms with Crippen LogP contribution in [0.3, 0.4) is 0 Å². The summed E-state index contributed by atoms with van der Waals surface area (Å²) in [5.41, 5.74) is 2.47. The van der Waals surface area contributed by atoms with Crippen LogP contribution in [0.5, 0.6) is 5.75 Å². The Balaban J connectivity index is 1.43. The smallest absolute Gasteiger partial charge is 0.280 e. The van der Waals surface area contributed by atoms with Crippen molar-refractivity contribution in [1.29, 1.82) is 0 Å². The SMILES string of the molecule is CC1=NN(c2ccccc2)C(=O)C1=Cc1ccc(OCC(=O)Nc2ccccc2F)c(Cl)c1. The number of anilines is 2. The van der Waals surface area contributed by atoms with Crippen LogP contribution in [0.4, 0.5) is 15.8 Å². The quantitative estimate of drug-likeness (QED) is 0.504. The summed E-state index contributed by atoms with van der Waals surface area (Å²) in [5.74, 6) is -1.00. The molecule has 0 saturated heterocycles. The molecule has 0 aromatic heterocycles. The second kappa shape index (κ2) is 9.67. The van der Waals surface area contributed by atoms with Gasteiger partial charge in [-0.1, -0.05) is 48.0 Å². The molecule has 0 saturated carbocycles. The van der Waals surface area contributed by atoms with E-state index in [4.69, 9.17) is 16.3 Å². The predicted octanol–water partition coefficient (Wildman–Crippen LogP) is 5.30. The fraction of sp³-hybridized carbons (Fsp3) is 0.0800. The minimum atomic E-state index is -0.535. The maximum Gasteiger partial charge on any atom is 0.280 e. The molecule has 2 amide bonds. The largest absolute Gasteiger partial charge is 0.482 e. The van der Waals surface area contributed by atoms with E-state index in [-0.39, 0.29) is 29.0 Å². The van der Waals surface area contributed by atoms with Gasteiger partial charge in [0.05, 0.1) is 27.7 Å². The summed E-state index contributed by atoms with van der Waals surface area (Å²) in [5, 5.41) is 8.41. The highest BCUT2D eigenvalue weighted by atomic mass is 35.5. The van der Waals surface area contributed by atoms with E-state index in [9.17, 15) is 14.0 Å². The molecule has 0 spiro atoms. The summed E-state index contributed by atoms with van der Waals surface area (Å²) < 4.78 is 19.1. The summed E-state index contributed by atoms with van der Waals surface area (Å²) >= 11 is 6.31. The summed E-state index contributed by atoms with van der Waals surface area (Å²) in [6.45, 7) is 1.42. The molecule has 0 radical (unpaired) electrons. The van der Waals surface area contributed by atoms with Gasteiger partial charge in [-0.3, -0.25) is 9.59 Å². The molecule has 3 aromatic carbocycles. The van der Waals surface area contributed by atoms with Crippen molar-refractivity contribution in [2.45, 2.75) is 6.92 Å². The van der Waals surface area contributed by atoms with Gasteiger partial charge in [0.2, 0.25) is 0 Å². The van der Waals surface area contributed by atoms with E-state index in [2.05, 4.69) is 10.4 Å². The number of carbonyl (C=O) groups excluding carboxylic acids is 2. The fourth-order valence-corrected chi connectivity index (χ4v) is 3.45. The first-order valence-corrected chi connectivity index (χ1v) is 10.4. The fourth-order valence-electron chi connectivity index (χ4n) is 3.21. The number of amides is 2. The van der Waals surface area contributed by atoms with E-state index in [1.54, 1.807) is 37.3 Å². The highest BCUT2D eigenvalue weighted by Crippen LogP contribution is 2.29. The average molecular weight is 464 g/mol. The van der Waals surface area contributed by atoms with Crippen molar-refractivity contribution in [3.05, 3.63) is 94.8 Å². The zero-order valence-electron chi connectivity index (χ0n) is 17.6. The molecule has 1 aliphatic heterocycles. The number of hydrogen-bond acceptors (Lipinski definition) is 4. The normalized spacial score (nSPS) is 14.4. The van der Waals surface area contributed by atoms with Crippen LogP contribution in [0, 0.1) is 5.82 Å². The van der Waals surface area contributed by atoms with E-state index < -0.39 is 11.7 Å². The minimum absolute atomic E-state index is 0.0713. The highest BCUT2D eigenvalue weighted by Gasteiger charge is 2.28. The maximum absolute atomic E-state index is 13.6. The predicted molar refractivity (Wildman–Crippen MR) is 127 cm³/mol. The molecule has 33 heavy (non-hydrogen) atoms. The Labute approximate surface area is 194 Å². The lowest BCUT2D eigenvalue weighted by molar-refractivity contribution is -0.118. The van der Waals surface area contributed by atoms with Crippen molar-refractivity contribution < 1.29 is 18.7 Å². The molecular formula is C25H19ClFN3O3. The minimum Gasteiger partial charge on any atom is -0.482 e. The molecule has 1 heterocycles. The Kier molecular flexibility index (Phi) is 6.51. The number of rotatable bonds is 6. The van der Waals surface area contributed by atoms with Gasteiger partial charge in [0, 0.05) is 0 Å². The van der Waals surface area contributed by atoms with Crippen LogP contribution in [-0.2, 0) is 9.59 Å². The van der Waals surface area contributed by atoms with E-state index in [0.717, 1.165) is 0 Å². The molecular weight excluding hydrogens is 445 g/mol. The van der Waals surface area contributed by atoms with Gasteiger partial charge in [-0.15, -0.1) is 0 Å². The number of para-hydroxylation sites is 2. The van der Waals surface area contributed by atoms with Crippen LogP contribution in [0.2, 0.25) is 5.02 Å². The third-order valence-electron chi connectivity index (χ3n) is 4.84. The van der Waals surface area contributed by atoms with Gasteiger partial charge in [0.15, 0.2) is 6.61 Å². The number of nitrogens with zero attached hydrogens (tertiary/aromatic N) is 2. The molecule has 0 atom stereocenters. The number of benzene rings is 3. The number of carbonyl (C=O) groups is 2. The molecule has 166 valence electrons. The molecule has 8 heteroatoms. The zero-order valence-corrected chi connectivity index (χ0v) is 18.3. The lowest BCUT2D eigenvalue weighted by Crippen LogP contribution is -2.21. The van der Waals surface area contributed by atoms with Crippen molar-refractivity contribution in [3.8, 4) is 5.75 Å². The van der Waals surface area contributed by atoms with Crippen LogP contribution in [0.1, 0.15) is 12.5 Å². The van der Waals surface area contributed by atoms with Crippen LogP contribution in [0.15, 0.2) is 83.5 Å². The summed E-state index contributed by atoms with van der Waals surface area (Å²) in [6, 6.07) is 20.0. The topological polar surface area (TPSA) is 71.0 Å². The lowest BCUT2D eigenvalue weighted by Gasteiger charge is -2.11. The van der Waals surface area contributed by atoms with Gasteiger partial charge in [-0.05, 0) is 55.0 Å². The first-order valence-electron chi connectivity index (χ1n) is 10.1. The highest BCUT2D eigenvalue weighted by molar-refractivity contribution is 6.33. The zero-order chi connectivity index (χ0) is 23.4. The summed E-state index contributed by atoms with van der Waals surface area (Å²) in [6.07, 6.45) is 1.70. The number of hydrogen-bond donors (Lipinski definition) is 1. The van der Waals surface area contributed by atoms with Crippen molar-refractivity contribution in [1.82, 2.24) is 0 Å². The third-order valence-corrected chi connectivity index (χ3v) is 5.13. The average Bonchev–Trinajstić information content (AvgIpc) is 3.09. The number of halogens is 2. The van der Waals surface area contributed by atoms with E-state index in [1.807, 2.05) is 30.3 Å². The molecule has 0 aliphatic carbocycles. The lowest BCUT2D eigenvalue weighted by atomic mass is 10.1. The van der Waals surface area contributed by atoms with Gasteiger partial charge in [0.25, 0.3) is 11.8 Å². The molecule has 3 aromatic rings. The molecule has 6 nitrogen and oxygen atoms in total. The monoisotopic (exact) mass is 463 g/mol. The van der Waals surface area contributed by atoms with Crippen LogP contribution in [0.25, 0.3) is 6.08 Å². The second-order valence-corrected chi connectivity index (χ2v) is 7.61. The molecule has 1 N–H and O–H groups in total. The van der Waals surface area contributed by atoms with Crippen molar-refractivity contribution in [2.24, 2.45) is 5.10 Å². The number of hydrazone groups is 1. The van der Waals surface area contributed by atoms with E-state index >= 15 is 0 Å². The Bertz CT molecular complexity index is 1270. The molecule has 0 bridgehead atoms. The van der Waals surface area contributed by atoms with Crippen LogP contribution < -0.4 is 15.1 Å². The van der Waals surface area contributed by atoms with E-state index in [1.165, 1.54) is 23.2 Å². The van der Waals surface area contributed by atoms with Gasteiger partial charge in [-0.2, -0.15) is 10.1 Å². The molecule has 1 aliphatic rings. The van der Waals surface area contributed by atoms with Crippen molar-refractivity contribution in [2.75, 3.05) is 16.9 Å². The van der Waals surface area contributed by atoms with Gasteiger partial charge < -0.3 is 10.1 Å². The molecule has 0 unspecified atom stereocenters. The first-order chi connectivity index (χ1) is 15.9. The first kappa shape index (κ1) is 22.2. The summed E-state index contributed by atoms with van der Waals surface area (Å²) in [7, 11) is 0. The Hall–Kier alpha value is -3.97. The van der Waals surface area contributed by atoms with E-state index in [0.29, 0.717) is 22.5 Å². The standard InChI is InChI=1S/C25H19ClFN3O3/c1-16-19(25(32)30(29-16)18-7-3-2-4-8-18)13-17-11-12-23(20(26)14-17)33-15-24(31)28-22-10-6-5-9-21(22)27/h2-14H,15H2,1H3,(H,28,31). The second-order valence-electron chi connectivity index (χ2n) is 7.20. The third kappa shape index (κ3) is 5.10. The van der Waals surface area contributed by atoms with Gasteiger partial charge in [-0.25, -0.2) is 4.39 Å². The van der Waals surface area contributed by atoms with Crippen LogP contribution >= 0.6 is 11.6 Å². The van der Waals surface area contributed by atoms with Crippen LogP contribution in [-0.4, -0.2) is 24.1 Å². The Morgan fingerprint density at radius 2 is 1.85 bits per heavy atom. The molecule has 0 fully saturated rings. The van der Waals surface area contributed by atoms with Crippen molar-refractivity contribution >= 4 is 46.6 Å². The maximum atomic E-state index is 13.6. The Morgan fingerprint density at radius 3 is 2.58 bits per heavy atom. The van der Waals surface area contributed by atoms with Gasteiger partial charge >= 0.3 is 0 Å². The summed E-state index contributed by atoms with van der Waals surface area (Å²) in [4.78, 5) is 24.9. The van der Waals surface area contributed by atoms with Gasteiger partial charge in [0.1, 0.15) is 11.6 Å². The molecule has 4 rings (SSSR count). The number of nitrogens with one attached hydrogen (secondary N) is 1. The Morgan fingerprint density at radius 1 is 1.12 bits per heavy atom. The number of ether oxygens (including phenoxy) is 1. The van der Waals surface area contributed by atoms with Crippen molar-refractivity contribution in [3.63, 3.8) is 0 Å².